The molecular weight excluding hydrogens is 387 g/mol. The second-order valence-corrected chi connectivity index (χ2v) is 8.03. The second-order valence-electron chi connectivity index (χ2n) is 7.30. The number of rotatable bonds is 4. The lowest BCUT2D eigenvalue weighted by molar-refractivity contribution is 0.0767. The minimum atomic E-state index is -0.332. The topological polar surface area (TPSA) is 49.3 Å². The Morgan fingerprint density at radius 1 is 1.03 bits per heavy atom. The molecule has 0 atom stereocenters. The number of amides is 1. The van der Waals surface area contributed by atoms with Crippen LogP contribution in [-0.4, -0.2) is 46.3 Å². The van der Waals surface area contributed by atoms with Gasteiger partial charge in [0.1, 0.15) is 11.6 Å². The molecule has 1 amide bonds. The van der Waals surface area contributed by atoms with E-state index in [-0.39, 0.29) is 11.7 Å². The number of nitrogens with zero attached hydrogens (tertiary/aromatic N) is 4. The lowest BCUT2D eigenvalue weighted by atomic mass is 10.1. The summed E-state index contributed by atoms with van der Waals surface area (Å²) >= 11 is 1.42. The summed E-state index contributed by atoms with van der Waals surface area (Å²) in [7, 11) is 0. The van der Waals surface area contributed by atoms with E-state index in [4.69, 9.17) is 4.98 Å². The van der Waals surface area contributed by atoms with Gasteiger partial charge in [0.25, 0.3) is 5.91 Å². The molecule has 29 heavy (non-hydrogen) atoms. The van der Waals surface area contributed by atoms with E-state index in [0.29, 0.717) is 25.2 Å². The molecule has 7 heteroatoms. The molecule has 0 aliphatic carbocycles. The van der Waals surface area contributed by atoms with Crippen molar-refractivity contribution in [3.63, 3.8) is 0 Å². The molecule has 2 heterocycles. The number of carbonyl (C=O) groups is 1. The third-order valence-electron chi connectivity index (χ3n) is 5.09. The van der Waals surface area contributed by atoms with Crippen LogP contribution >= 0.6 is 11.5 Å². The molecular formula is C22H23FN4OS. The molecule has 0 spiro atoms. The summed E-state index contributed by atoms with van der Waals surface area (Å²) < 4.78 is 17.6. The van der Waals surface area contributed by atoms with E-state index in [2.05, 4.69) is 40.5 Å². The molecule has 3 aromatic rings. The predicted octanol–water partition coefficient (Wildman–Crippen LogP) is 3.93. The molecule has 1 fully saturated rings. The first-order chi connectivity index (χ1) is 14.1. The number of halogens is 1. The third-order valence-corrected chi connectivity index (χ3v) is 5.90. The Balaban J connectivity index is 1.38. The van der Waals surface area contributed by atoms with Gasteiger partial charge >= 0.3 is 0 Å². The van der Waals surface area contributed by atoms with Crippen LogP contribution < -0.4 is 4.90 Å². The average molecular weight is 411 g/mol. The molecule has 150 valence electrons. The van der Waals surface area contributed by atoms with E-state index in [1.165, 1.54) is 34.8 Å². The number of hydrogen-bond donors (Lipinski definition) is 0. The standard InChI is InChI=1S/C22H23FN4OS/c1-16-3-5-17(6-4-16)15-20-24-22(29-25-20)27-12-2-11-26(13-14-27)21(28)18-7-9-19(23)10-8-18/h3-10H,2,11-15H2,1H3. The van der Waals surface area contributed by atoms with Gasteiger partial charge < -0.3 is 9.80 Å². The molecule has 0 N–H and O–H groups in total. The van der Waals surface area contributed by atoms with Crippen LogP contribution in [0.5, 0.6) is 0 Å². The van der Waals surface area contributed by atoms with Gasteiger partial charge in [-0.25, -0.2) is 9.37 Å². The number of aryl methyl sites for hydroxylation is 1. The van der Waals surface area contributed by atoms with Crippen LogP contribution in [0.15, 0.2) is 48.5 Å². The zero-order chi connectivity index (χ0) is 20.2. The van der Waals surface area contributed by atoms with Gasteiger partial charge in [-0.2, -0.15) is 4.37 Å². The molecule has 1 aromatic heterocycles. The Morgan fingerprint density at radius 2 is 1.79 bits per heavy atom. The van der Waals surface area contributed by atoms with E-state index >= 15 is 0 Å². The van der Waals surface area contributed by atoms with Crippen molar-refractivity contribution < 1.29 is 9.18 Å². The van der Waals surface area contributed by atoms with Gasteiger partial charge in [-0.1, -0.05) is 29.8 Å². The number of anilines is 1. The number of benzene rings is 2. The van der Waals surface area contributed by atoms with E-state index < -0.39 is 0 Å². The predicted molar refractivity (Wildman–Crippen MR) is 113 cm³/mol. The molecule has 4 rings (SSSR count). The molecule has 1 aliphatic rings. The van der Waals surface area contributed by atoms with Crippen molar-refractivity contribution >= 4 is 22.6 Å². The van der Waals surface area contributed by atoms with Crippen molar-refractivity contribution in [2.45, 2.75) is 19.8 Å². The number of hydrogen-bond acceptors (Lipinski definition) is 5. The zero-order valence-corrected chi connectivity index (χ0v) is 17.2. The minimum Gasteiger partial charge on any atom is -0.345 e. The highest BCUT2D eigenvalue weighted by Crippen LogP contribution is 2.21. The van der Waals surface area contributed by atoms with Gasteiger partial charge in [0.2, 0.25) is 5.13 Å². The van der Waals surface area contributed by atoms with Gasteiger partial charge in [-0.3, -0.25) is 4.79 Å². The van der Waals surface area contributed by atoms with Crippen LogP contribution in [0.2, 0.25) is 0 Å². The molecule has 5 nitrogen and oxygen atoms in total. The lowest BCUT2D eigenvalue weighted by Gasteiger charge is -2.21. The summed E-state index contributed by atoms with van der Waals surface area (Å²) in [6, 6.07) is 14.2. The van der Waals surface area contributed by atoms with E-state index in [1.54, 1.807) is 12.1 Å². The monoisotopic (exact) mass is 410 g/mol. The van der Waals surface area contributed by atoms with Gasteiger partial charge in [0.15, 0.2) is 0 Å². The van der Waals surface area contributed by atoms with Crippen LogP contribution in [0.25, 0.3) is 0 Å². The fraction of sp³-hybridized carbons (Fsp3) is 0.318. The zero-order valence-electron chi connectivity index (χ0n) is 16.3. The van der Waals surface area contributed by atoms with Crippen LogP contribution in [0.1, 0.15) is 33.7 Å². The van der Waals surface area contributed by atoms with Crippen molar-refractivity contribution in [2.75, 3.05) is 31.1 Å². The molecule has 0 saturated carbocycles. The quantitative estimate of drug-likeness (QED) is 0.654. The maximum Gasteiger partial charge on any atom is 0.253 e. The maximum absolute atomic E-state index is 13.1. The van der Waals surface area contributed by atoms with Gasteiger partial charge in [0, 0.05) is 49.7 Å². The Bertz CT molecular complexity index is 971. The number of carbonyl (C=O) groups excluding carboxylic acids is 1. The molecule has 2 aromatic carbocycles. The fourth-order valence-electron chi connectivity index (χ4n) is 3.42. The van der Waals surface area contributed by atoms with Crippen molar-refractivity contribution in [3.8, 4) is 0 Å². The SMILES string of the molecule is Cc1ccc(Cc2nsc(N3CCCN(C(=O)c4ccc(F)cc4)CC3)n2)cc1. The Labute approximate surface area is 174 Å². The number of aromatic nitrogens is 2. The molecule has 1 aliphatic heterocycles. The van der Waals surface area contributed by atoms with Crippen LogP contribution in [0.4, 0.5) is 9.52 Å². The highest BCUT2D eigenvalue weighted by atomic mass is 32.1. The van der Waals surface area contributed by atoms with E-state index in [1.807, 2.05) is 4.90 Å². The summed E-state index contributed by atoms with van der Waals surface area (Å²) in [5, 5.41) is 0.906. The molecule has 0 radical (unpaired) electrons. The van der Waals surface area contributed by atoms with Gasteiger partial charge in [-0.05, 0) is 43.2 Å². The smallest absolute Gasteiger partial charge is 0.253 e. The van der Waals surface area contributed by atoms with E-state index in [0.717, 1.165) is 30.3 Å². The Kier molecular flexibility index (Phi) is 5.85. The highest BCUT2D eigenvalue weighted by molar-refractivity contribution is 7.09. The van der Waals surface area contributed by atoms with Gasteiger partial charge in [-0.15, -0.1) is 0 Å². The van der Waals surface area contributed by atoms with Crippen LogP contribution in [-0.2, 0) is 6.42 Å². The lowest BCUT2D eigenvalue weighted by Crippen LogP contribution is -2.35. The summed E-state index contributed by atoms with van der Waals surface area (Å²) in [5.41, 5.74) is 2.97. The third kappa shape index (κ3) is 4.79. The van der Waals surface area contributed by atoms with Crippen molar-refractivity contribution in [2.24, 2.45) is 0 Å². The first kappa shape index (κ1) is 19.5. The average Bonchev–Trinajstić information content (AvgIpc) is 3.04. The summed E-state index contributed by atoms with van der Waals surface area (Å²) in [4.78, 5) is 21.5. The van der Waals surface area contributed by atoms with Crippen molar-refractivity contribution in [3.05, 3.63) is 76.9 Å². The molecule has 1 saturated heterocycles. The normalized spacial score (nSPS) is 14.7. The maximum atomic E-state index is 13.1. The first-order valence-electron chi connectivity index (χ1n) is 9.76. The van der Waals surface area contributed by atoms with E-state index in [9.17, 15) is 9.18 Å². The van der Waals surface area contributed by atoms with Crippen LogP contribution in [0, 0.1) is 12.7 Å². The summed E-state index contributed by atoms with van der Waals surface area (Å²) in [6.07, 6.45) is 1.58. The van der Waals surface area contributed by atoms with Gasteiger partial charge in [0.05, 0.1) is 0 Å². The highest BCUT2D eigenvalue weighted by Gasteiger charge is 2.22. The van der Waals surface area contributed by atoms with Crippen LogP contribution in [0.3, 0.4) is 0 Å². The summed E-state index contributed by atoms with van der Waals surface area (Å²) in [6.45, 7) is 4.93. The Morgan fingerprint density at radius 3 is 2.55 bits per heavy atom. The molecule has 0 bridgehead atoms. The largest absolute Gasteiger partial charge is 0.345 e. The summed E-state index contributed by atoms with van der Waals surface area (Å²) in [5.74, 6) is 0.447. The minimum absolute atomic E-state index is 0.0517. The van der Waals surface area contributed by atoms with Crippen molar-refractivity contribution in [1.29, 1.82) is 0 Å². The molecule has 0 unspecified atom stereocenters. The second kappa shape index (κ2) is 8.69. The fourth-order valence-corrected chi connectivity index (χ4v) is 4.16. The Hall–Kier alpha value is -2.80. The van der Waals surface area contributed by atoms with Crippen molar-refractivity contribution in [1.82, 2.24) is 14.3 Å². The first-order valence-corrected chi connectivity index (χ1v) is 10.5.